The molecular formula is C9H18FN. The molecule has 0 bridgehead atoms. The average Bonchev–Trinajstić information content (AvgIpc) is 1.85. The van der Waals surface area contributed by atoms with Crippen LogP contribution in [-0.4, -0.2) is 30.2 Å². The minimum absolute atomic E-state index is 0.675. The lowest BCUT2D eigenvalue weighted by Gasteiger charge is -2.44. The molecule has 0 aliphatic carbocycles. The lowest BCUT2D eigenvalue weighted by Crippen LogP contribution is -2.58. The predicted molar refractivity (Wildman–Crippen MR) is 45.5 cm³/mol. The Labute approximate surface area is 68.6 Å². The summed E-state index contributed by atoms with van der Waals surface area (Å²) in [6.07, 6.45) is 2.85. The van der Waals surface area contributed by atoms with Gasteiger partial charge in [0.05, 0.1) is 0 Å². The number of alkyl halides is 1. The van der Waals surface area contributed by atoms with Crippen molar-refractivity contribution < 1.29 is 4.39 Å². The largest absolute Gasteiger partial charge is 0.297 e. The van der Waals surface area contributed by atoms with Crippen LogP contribution in [0.25, 0.3) is 0 Å². The number of halogens is 1. The van der Waals surface area contributed by atoms with Gasteiger partial charge in [-0.15, -0.1) is 0 Å². The third-order valence-electron chi connectivity index (χ3n) is 2.25. The van der Waals surface area contributed by atoms with Crippen LogP contribution in [0.4, 0.5) is 4.39 Å². The van der Waals surface area contributed by atoms with E-state index in [1.54, 1.807) is 0 Å². The second-order valence-corrected chi connectivity index (χ2v) is 3.61. The molecule has 1 aliphatic heterocycles. The quantitative estimate of drug-likeness (QED) is 0.608. The summed E-state index contributed by atoms with van der Waals surface area (Å²) in [7, 11) is 0. The van der Waals surface area contributed by atoms with Gasteiger partial charge >= 0.3 is 0 Å². The number of nitrogens with zero attached hydrogens (tertiary/aromatic N) is 1. The van der Waals surface area contributed by atoms with E-state index in [1.165, 1.54) is 0 Å². The Hall–Kier alpha value is -0.110. The van der Waals surface area contributed by atoms with Crippen molar-refractivity contribution in [1.29, 1.82) is 0 Å². The highest BCUT2D eigenvalue weighted by Crippen LogP contribution is 2.29. The third-order valence-corrected chi connectivity index (χ3v) is 2.25. The summed E-state index contributed by atoms with van der Waals surface area (Å²) < 4.78 is 13.4. The van der Waals surface area contributed by atoms with Crippen molar-refractivity contribution >= 4 is 0 Å². The Morgan fingerprint density at radius 3 is 2.36 bits per heavy atom. The van der Waals surface area contributed by atoms with Gasteiger partial charge in [0.15, 0.2) is 0 Å². The number of hydrogen-bond acceptors (Lipinski definition) is 1. The minimum Gasteiger partial charge on any atom is -0.297 e. The van der Waals surface area contributed by atoms with Gasteiger partial charge in [-0.3, -0.25) is 4.90 Å². The first kappa shape index (κ1) is 8.98. The molecule has 1 rings (SSSR count). The molecule has 0 aromatic heterocycles. The van der Waals surface area contributed by atoms with Gasteiger partial charge in [-0.2, -0.15) is 0 Å². The molecule has 0 N–H and O–H groups in total. The predicted octanol–water partition coefficient (Wildman–Crippen LogP) is 2.22. The van der Waals surface area contributed by atoms with Crippen molar-refractivity contribution in [3.8, 4) is 0 Å². The summed E-state index contributed by atoms with van der Waals surface area (Å²) in [6.45, 7) is 6.60. The second kappa shape index (κ2) is 3.53. The lowest BCUT2D eigenvalue weighted by atomic mass is 9.91. The smallest absolute Gasteiger partial charge is 0.136 e. The van der Waals surface area contributed by atoms with Crippen molar-refractivity contribution in [2.24, 2.45) is 0 Å². The summed E-state index contributed by atoms with van der Waals surface area (Å²) in [5.74, 6) is 0. The Morgan fingerprint density at radius 2 is 1.91 bits per heavy atom. The Morgan fingerprint density at radius 1 is 1.27 bits per heavy atom. The highest BCUT2D eigenvalue weighted by Gasteiger charge is 2.41. The van der Waals surface area contributed by atoms with Gasteiger partial charge < -0.3 is 0 Å². The molecule has 0 saturated carbocycles. The van der Waals surface area contributed by atoms with E-state index >= 15 is 0 Å². The topological polar surface area (TPSA) is 3.24 Å². The SMILES string of the molecule is CCCN1CC(F)(CCC)C1. The maximum Gasteiger partial charge on any atom is 0.136 e. The number of likely N-dealkylation sites (tertiary alicyclic amines) is 1. The number of hydrogen-bond donors (Lipinski definition) is 0. The Bertz CT molecular complexity index is 119. The van der Waals surface area contributed by atoms with Gasteiger partial charge in [-0.1, -0.05) is 20.3 Å². The molecular weight excluding hydrogens is 141 g/mol. The van der Waals surface area contributed by atoms with Gasteiger partial charge in [0.1, 0.15) is 5.67 Å². The lowest BCUT2D eigenvalue weighted by molar-refractivity contribution is -0.0377. The highest BCUT2D eigenvalue weighted by molar-refractivity contribution is 4.95. The molecule has 0 unspecified atom stereocenters. The summed E-state index contributed by atoms with van der Waals surface area (Å²) >= 11 is 0. The maximum atomic E-state index is 13.4. The summed E-state index contributed by atoms with van der Waals surface area (Å²) in [6, 6.07) is 0. The molecule has 11 heavy (non-hydrogen) atoms. The van der Waals surface area contributed by atoms with E-state index in [4.69, 9.17) is 0 Å². The van der Waals surface area contributed by atoms with Crippen LogP contribution >= 0.6 is 0 Å². The van der Waals surface area contributed by atoms with Crippen LogP contribution in [0.1, 0.15) is 33.1 Å². The first-order valence-electron chi connectivity index (χ1n) is 4.61. The summed E-state index contributed by atoms with van der Waals surface area (Å²) in [5.41, 5.74) is -0.829. The molecule has 1 nitrogen and oxygen atoms in total. The maximum absolute atomic E-state index is 13.4. The molecule has 0 aromatic rings. The monoisotopic (exact) mass is 159 g/mol. The molecule has 1 saturated heterocycles. The van der Waals surface area contributed by atoms with Crippen LogP contribution < -0.4 is 0 Å². The molecule has 0 aromatic carbocycles. The van der Waals surface area contributed by atoms with Gasteiger partial charge in [-0.25, -0.2) is 4.39 Å². The third kappa shape index (κ3) is 2.16. The number of rotatable bonds is 4. The van der Waals surface area contributed by atoms with Crippen molar-refractivity contribution in [3.05, 3.63) is 0 Å². The molecule has 1 heterocycles. The van der Waals surface area contributed by atoms with Gasteiger partial charge in [0.2, 0.25) is 0 Å². The van der Waals surface area contributed by atoms with E-state index < -0.39 is 5.67 Å². The van der Waals surface area contributed by atoms with Crippen LogP contribution in [0, 0.1) is 0 Å². The van der Waals surface area contributed by atoms with Gasteiger partial charge in [0, 0.05) is 13.1 Å². The van der Waals surface area contributed by atoms with Crippen molar-refractivity contribution in [2.75, 3.05) is 19.6 Å². The van der Waals surface area contributed by atoms with E-state index in [-0.39, 0.29) is 0 Å². The van der Waals surface area contributed by atoms with E-state index in [1.807, 2.05) is 6.92 Å². The fraction of sp³-hybridized carbons (Fsp3) is 1.00. The minimum atomic E-state index is -0.829. The fourth-order valence-electron chi connectivity index (χ4n) is 1.84. The fourth-order valence-corrected chi connectivity index (χ4v) is 1.84. The Balaban J connectivity index is 2.15. The summed E-state index contributed by atoms with van der Waals surface area (Å²) in [5, 5.41) is 0. The van der Waals surface area contributed by atoms with E-state index in [0.29, 0.717) is 13.1 Å². The van der Waals surface area contributed by atoms with Crippen LogP contribution in [0.5, 0.6) is 0 Å². The molecule has 0 atom stereocenters. The van der Waals surface area contributed by atoms with Crippen molar-refractivity contribution in [2.45, 2.75) is 38.8 Å². The zero-order valence-corrected chi connectivity index (χ0v) is 7.57. The van der Waals surface area contributed by atoms with Crippen molar-refractivity contribution in [3.63, 3.8) is 0 Å². The van der Waals surface area contributed by atoms with Crippen molar-refractivity contribution in [1.82, 2.24) is 4.90 Å². The Kier molecular flexibility index (Phi) is 2.88. The molecule has 0 radical (unpaired) electrons. The van der Waals surface area contributed by atoms with E-state index in [0.717, 1.165) is 25.8 Å². The van der Waals surface area contributed by atoms with Crippen LogP contribution in [0.15, 0.2) is 0 Å². The zero-order chi connectivity index (χ0) is 8.32. The van der Waals surface area contributed by atoms with Crippen LogP contribution in [0.2, 0.25) is 0 Å². The molecule has 1 fully saturated rings. The van der Waals surface area contributed by atoms with E-state index in [9.17, 15) is 4.39 Å². The molecule has 1 aliphatic rings. The van der Waals surface area contributed by atoms with Crippen LogP contribution in [0.3, 0.4) is 0 Å². The molecule has 2 heteroatoms. The molecule has 0 spiro atoms. The second-order valence-electron chi connectivity index (χ2n) is 3.61. The highest BCUT2D eigenvalue weighted by atomic mass is 19.1. The molecule has 66 valence electrons. The van der Waals surface area contributed by atoms with Crippen LogP contribution in [-0.2, 0) is 0 Å². The zero-order valence-electron chi connectivity index (χ0n) is 7.57. The normalized spacial score (nSPS) is 23.2. The first-order valence-corrected chi connectivity index (χ1v) is 4.61. The van der Waals surface area contributed by atoms with E-state index in [2.05, 4.69) is 11.8 Å². The summed E-state index contributed by atoms with van der Waals surface area (Å²) in [4.78, 5) is 2.19. The standard InChI is InChI=1S/C9H18FN/c1-3-5-9(10)7-11(8-9)6-4-2/h3-8H2,1-2H3. The molecule has 0 amide bonds. The average molecular weight is 159 g/mol. The van der Waals surface area contributed by atoms with Gasteiger partial charge in [0.25, 0.3) is 0 Å². The van der Waals surface area contributed by atoms with Gasteiger partial charge in [-0.05, 0) is 19.4 Å². The first-order chi connectivity index (χ1) is 5.20.